The molecule has 0 aliphatic heterocycles. The lowest BCUT2D eigenvalue weighted by atomic mass is 10.0. The summed E-state index contributed by atoms with van der Waals surface area (Å²) in [6, 6.07) is 1.32. The number of aromatic nitrogens is 1. The minimum Gasteiger partial charge on any atom is -0.481 e. The summed E-state index contributed by atoms with van der Waals surface area (Å²) in [6.45, 7) is 5.68. The molecule has 0 aliphatic carbocycles. The SMILES string of the molecule is COc1cc(F)c(C(C)C)c(C)n1. The Morgan fingerprint density at radius 1 is 1.46 bits per heavy atom. The number of pyridine rings is 1. The maximum atomic E-state index is 13.4. The van der Waals surface area contributed by atoms with Crippen molar-refractivity contribution in [3.05, 3.63) is 23.1 Å². The van der Waals surface area contributed by atoms with Gasteiger partial charge in [-0.05, 0) is 12.8 Å². The van der Waals surface area contributed by atoms with Gasteiger partial charge < -0.3 is 4.74 Å². The predicted octanol–water partition coefficient (Wildman–Crippen LogP) is 2.66. The molecule has 0 N–H and O–H groups in total. The maximum absolute atomic E-state index is 13.4. The van der Waals surface area contributed by atoms with Crippen LogP contribution in [0.5, 0.6) is 5.88 Å². The Labute approximate surface area is 77.8 Å². The van der Waals surface area contributed by atoms with Gasteiger partial charge in [0.2, 0.25) is 5.88 Å². The first-order valence-electron chi connectivity index (χ1n) is 4.27. The minimum absolute atomic E-state index is 0.151. The van der Waals surface area contributed by atoms with Gasteiger partial charge in [0, 0.05) is 17.3 Å². The Bertz CT molecular complexity index is 287. The zero-order valence-electron chi connectivity index (χ0n) is 8.39. The van der Waals surface area contributed by atoms with E-state index in [1.807, 2.05) is 13.8 Å². The van der Waals surface area contributed by atoms with Gasteiger partial charge in [-0.15, -0.1) is 0 Å². The van der Waals surface area contributed by atoms with Gasteiger partial charge in [-0.25, -0.2) is 9.37 Å². The van der Waals surface area contributed by atoms with Gasteiger partial charge in [-0.3, -0.25) is 0 Å². The van der Waals surface area contributed by atoms with Crippen molar-refractivity contribution in [2.75, 3.05) is 7.11 Å². The van der Waals surface area contributed by atoms with E-state index in [9.17, 15) is 4.39 Å². The molecule has 1 heterocycles. The van der Waals surface area contributed by atoms with Crippen LogP contribution >= 0.6 is 0 Å². The molecule has 0 saturated carbocycles. The van der Waals surface area contributed by atoms with Crippen molar-refractivity contribution >= 4 is 0 Å². The third-order valence-corrected chi connectivity index (χ3v) is 1.96. The first-order chi connectivity index (χ1) is 6.06. The van der Waals surface area contributed by atoms with Crippen LogP contribution < -0.4 is 4.74 Å². The summed E-state index contributed by atoms with van der Waals surface area (Å²) >= 11 is 0. The fourth-order valence-corrected chi connectivity index (χ4v) is 1.41. The van der Waals surface area contributed by atoms with E-state index < -0.39 is 0 Å². The lowest BCUT2D eigenvalue weighted by Gasteiger charge is -2.11. The molecule has 0 bridgehead atoms. The number of nitrogens with zero attached hydrogens (tertiary/aromatic N) is 1. The largest absolute Gasteiger partial charge is 0.481 e. The third kappa shape index (κ3) is 1.97. The van der Waals surface area contributed by atoms with Gasteiger partial charge in [0.05, 0.1) is 7.11 Å². The van der Waals surface area contributed by atoms with E-state index in [0.29, 0.717) is 17.1 Å². The molecule has 13 heavy (non-hydrogen) atoms. The molecular weight excluding hydrogens is 169 g/mol. The van der Waals surface area contributed by atoms with Crippen molar-refractivity contribution in [1.29, 1.82) is 0 Å². The Balaban J connectivity index is 3.23. The third-order valence-electron chi connectivity index (χ3n) is 1.96. The Hall–Kier alpha value is -1.12. The second-order valence-corrected chi connectivity index (χ2v) is 3.30. The van der Waals surface area contributed by atoms with Crippen molar-refractivity contribution < 1.29 is 9.13 Å². The van der Waals surface area contributed by atoms with Gasteiger partial charge in [0.1, 0.15) is 5.82 Å². The van der Waals surface area contributed by atoms with Crippen LogP contribution in [0.15, 0.2) is 6.07 Å². The molecular formula is C10H14FNO. The second kappa shape index (κ2) is 3.73. The van der Waals surface area contributed by atoms with Crippen molar-refractivity contribution in [3.63, 3.8) is 0 Å². The Morgan fingerprint density at radius 3 is 2.46 bits per heavy atom. The normalized spacial score (nSPS) is 10.6. The van der Waals surface area contributed by atoms with Crippen LogP contribution in [-0.2, 0) is 0 Å². The fourth-order valence-electron chi connectivity index (χ4n) is 1.41. The maximum Gasteiger partial charge on any atom is 0.216 e. The zero-order valence-corrected chi connectivity index (χ0v) is 8.39. The van der Waals surface area contributed by atoms with Crippen LogP contribution in [0.4, 0.5) is 4.39 Å². The van der Waals surface area contributed by atoms with Crippen molar-refractivity contribution in [2.45, 2.75) is 26.7 Å². The molecule has 72 valence electrons. The molecule has 0 atom stereocenters. The van der Waals surface area contributed by atoms with Gasteiger partial charge in [-0.2, -0.15) is 0 Å². The van der Waals surface area contributed by atoms with Crippen molar-refractivity contribution in [1.82, 2.24) is 4.98 Å². The number of rotatable bonds is 2. The molecule has 1 aromatic heterocycles. The summed E-state index contributed by atoms with van der Waals surface area (Å²) in [6.07, 6.45) is 0. The zero-order chi connectivity index (χ0) is 10.0. The lowest BCUT2D eigenvalue weighted by Crippen LogP contribution is -2.01. The summed E-state index contributed by atoms with van der Waals surface area (Å²) in [7, 11) is 1.48. The molecule has 0 amide bonds. The monoisotopic (exact) mass is 183 g/mol. The highest BCUT2D eigenvalue weighted by molar-refractivity contribution is 5.29. The molecule has 2 nitrogen and oxygen atoms in total. The van der Waals surface area contributed by atoms with Gasteiger partial charge >= 0.3 is 0 Å². The molecule has 0 spiro atoms. The van der Waals surface area contributed by atoms with Gasteiger partial charge in [0.15, 0.2) is 0 Å². The van der Waals surface area contributed by atoms with E-state index in [4.69, 9.17) is 4.74 Å². The van der Waals surface area contributed by atoms with E-state index >= 15 is 0 Å². The highest BCUT2D eigenvalue weighted by Gasteiger charge is 2.12. The highest BCUT2D eigenvalue weighted by Crippen LogP contribution is 2.23. The van der Waals surface area contributed by atoms with E-state index in [2.05, 4.69) is 4.98 Å². The van der Waals surface area contributed by atoms with E-state index in [0.717, 1.165) is 0 Å². The van der Waals surface area contributed by atoms with Crippen LogP contribution in [0.1, 0.15) is 31.0 Å². The molecule has 0 aliphatic rings. The predicted molar refractivity (Wildman–Crippen MR) is 49.6 cm³/mol. The number of halogens is 1. The summed E-state index contributed by atoms with van der Waals surface area (Å²) in [4.78, 5) is 4.11. The average Bonchev–Trinajstić information content (AvgIpc) is 2.02. The van der Waals surface area contributed by atoms with Crippen LogP contribution in [0.3, 0.4) is 0 Å². The fraction of sp³-hybridized carbons (Fsp3) is 0.500. The average molecular weight is 183 g/mol. The van der Waals surface area contributed by atoms with E-state index in [1.165, 1.54) is 13.2 Å². The first-order valence-corrected chi connectivity index (χ1v) is 4.27. The van der Waals surface area contributed by atoms with Crippen LogP contribution in [0.2, 0.25) is 0 Å². The van der Waals surface area contributed by atoms with Crippen LogP contribution in [0, 0.1) is 12.7 Å². The molecule has 0 radical (unpaired) electrons. The Morgan fingerprint density at radius 2 is 2.08 bits per heavy atom. The summed E-state index contributed by atoms with van der Waals surface area (Å²) in [5, 5.41) is 0. The van der Waals surface area contributed by atoms with E-state index in [-0.39, 0.29) is 11.7 Å². The summed E-state index contributed by atoms with van der Waals surface area (Å²) in [5.74, 6) is 0.247. The Kier molecular flexibility index (Phi) is 2.86. The smallest absolute Gasteiger partial charge is 0.216 e. The number of aryl methyl sites for hydroxylation is 1. The van der Waals surface area contributed by atoms with Gasteiger partial charge in [0.25, 0.3) is 0 Å². The van der Waals surface area contributed by atoms with Crippen molar-refractivity contribution in [3.8, 4) is 5.88 Å². The lowest BCUT2D eigenvalue weighted by molar-refractivity contribution is 0.391. The number of hydrogen-bond acceptors (Lipinski definition) is 2. The van der Waals surface area contributed by atoms with Crippen molar-refractivity contribution in [2.24, 2.45) is 0 Å². The summed E-state index contributed by atoms with van der Waals surface area (Å²) in [5.41, 5.74) is 1.37. The number of ether oxygens (including phenoxy) is 1. The number of methoxy groups -OCH3 is 1. The topological polar surface area (TPSA) is 22.1 Å². The minimum atomic E-state index is -0.237. The van der Waals surface area contributed by atoms with E-state index in [1.54, 1.807) is 6.92 Å². The molecule has 3 heteroatoms. The standard InChI is InChI=1S/C10H14FNO/c1-6(2)10-7(3)12-9(13-4)5-8(10)11/h5-6H,1-4H3. The summed E-state index contributed by atoms with van der Waals surface area (Å²) < 4.78 is 18.3. The highest BCUT2D eigenvalue weighted by atomic mass is 19.1. The molecule has 0 fully saturated rings. The van der Waals surface area contributed by atoms with Gasteiger partial charge in [-0.1, -0.05) is 13.8 Å². The first kappa shape index (κ1) is 9.96. The number of hydrogen-bond donors (Lipinski definition) is 0. The van der Waals surface area contributed by atoms with Crippen LogP contribution in [-0.4, -0.2) is 12.1 Å². The molecule has 0 saturated heterocycles. The molecule has 1 aromatic rings. The van der Waals surface area contributed by atoms with Crippen LogP contribution in [0.25, 0.3) is 0 Å². The quantitative estimate of drug-likeness (QED) is 0.703. The second-order valence-electron chi connectivity index (χ2n) is 3.30. The molecule has 0 unspecified atom stereocenters. The molecule has 0 aromatic carbocycles. The molecule has 1 rings (SSSR count).